The molecule has 0 amide bonds. The third kappa shape index (κ3) is 1.27. The molecule has 0 radical (unpaired) electrons. The lowest BCUT2D eigenvalue weighted by Gasteiger charge is -2.45. The maximum atomic E-state index is 5.11. The van der Waals surface area contributed by atoms with Crippen LogP contribution >= 0.6 is 12.4 Å². The van der Waals surface area contributed by atoms with Crippen molar-refractivity contribution in [2.75, 3.05) is 32.8 Å². The Morgan fingerprint density at radius 1 is 1.20 bits per heavy atom. The Kier molecular flexibility index (Phi) is 2.52. The first-order chi connectivity index (χ1) is 4.41. The molecule has 0 aromatic heterocycles. The van der Waals surface area contributed by atoms with Crippen molar-refractivity contribution < 1.29 is 4.74 Å². The SMILES string of the molecule is C1CNC2(CN1)COC2.Cl. The smallest absolute Gasteiger partial charge is 0.0780 e. The number of halogens is 1. The largest absolute Gasteiger partial charge is 0.377 e. The van der Waals surface area contributed by atoms with E-state index in [0.29, 0.717) is 5.54 Å². The van der Waals surface area contributed by atoms with E-state index in [1.807, 2.05) is 0 Å². The van der Waals surface area contributed by atoms with Gasteiger partial charge in [0.25, 0.3) is 0 Å². The minimum atomic E-state index is 0. The molecule has 2 fully saturated rings. The summed E-state index contributed by atoms with van der Waals surface area (Å²) in [6, 6.07) is 0. The molecule has 0 aliphatic carbocycles. The van der Waals surface area contributed by atoms with E-state index < -0.39 is 0 Å². The second kappa shape index (κ2) is 3.05. The molecular formula is C6H13ClN2O. The highest BCUT2D eigenvalue weighted by Gasteiger charge is 2.38. The van der Waals surface area contributed by atoms with Crippen LogP contribution in [0.15, 0.2) is 0 Å². The average molecular weight is 165 g/mol. The lowest BCUT2D eigenvalue weighted by molar-refractivity contribution is -0.0787. The molecule has 0 atom stereocenters. The van der Waals surface area contributed by atoms with Gasteiger partial charge in [-0.05, 0) is 0 Å². The van der Waals surface area contributed by atoms with Crippen LogP contribution < -0.4 is 10.6 Å². The molecule has 2 aliphatic heterocycles. The fourth-order valence-electron chi connectivity index (χ4n) is 1.36. The van der Waals surface area contributed by atoms with Crippen molar-refractivity contribution in [3.8, 4) is 0 Å². The number of hydrogen-bond acceptors (Lipinski definition) is 3. The van der Waals surface area contributed by atoms with Crippen LogP contribution in [0.2, 0.25) is 0 Å². The van der Waals surface area contributed by atoms with E-state index in [1.54, 1.807) is 0 Å². The molecule has 60 valence electrons. The standard InChI is InChI=1S/C6H12N2O.ClH/c1-2-8-6(3-7-1)4-9-5-6;/h7-8H,1-5H2;1H. The average Bonchev–Trinajstić information content (AvgIpc) is 1.87. The summed E-state index contributed by atoms with van der Waals surface area (Å²) >= 11 is 0. The van der Waals surface area contributed by atoms with E-state index in [2.05, 4.69) is 10.6 Å². The van der Waals surface area contributed by atoms with Crippen molar-refractivity contribution in [3.05, 3.63) is 0 Å². The zero-order chi connectivity index (χ0) is 6.16. The van der Waals surface area contributed by atoms with Gasteiger partial charge in [-0.25, -0.2) is 0 Å². The van der Waals surface area contributed by atoms with Crippen LogP contribution in [-0.4, -0.2) is 38.4 Å². The summed E-state index contributed by atoms with van der Waals surface area (Å²) in [6.45, 7) is 5.04. The summed E-state index contributed by atoms with van der Waals surface area (Å²) in [7, 11) is 0. The molecule has 0 saturated carbocycles. The summed E-state index contributed by atoms with van der Waals surface area (Å²) in [5, 5.41) is 6.78. The zero-order valence-corrected chi connectivity index (χ0v) is 6.67. The highest BCUT2D eigenvalue weighted by atomic mass is 35.5. The maximum Gasteiger partial charge on any atom is 0.0780 e. The fraction of sp³-hybridized carbons (Fsp3) is 1.00. The van der Waals surface area contributed by atoms with Crippen LogP contribution in [0.3, 0.4) is 0 Å². The van der Waals surface area contributed by atoms with Crippen molar-refractivity contribution in [1.82, 2.24) is 10.6 Å². The number of hydrogen-bond donors (Lipinski definition) is 2. The van der Waals surface area contributed by atoms with Crippen LogP contribution in [0.4, 0.5) is 0 Å². The van der Waals surface area contributed by atoms with Crippen LogP contribution in [0.25, 0.3) is 0 Å². The molecule has 2 rings (SSSR count). The van der Waals surface area contributed by atoms with E-state index in [-0.39, 0.29) is 12.4 Å². The van der Waals surface area contributed by atoms with Gasteiger partial charge in [-0.1, -0.05) is 0 Å². The molecule has 2 N–H and O–H groups in total. The predicted octanol–water partition coefficient (Wildman–Crippen LogP) is -0.630. The lowest BCUT2D eigenvalue weighted by atomic mass is 9.96. The van der Waals surface area contributed by atoms with Crippen molar-refractivity contribution in [3.63, 3.8) is 0 Å². The Labute approximate surface area is 66.9 Å². The van der Waals surface area contributed by atoms with Crippen LogP contribution in [0.5, 0.6) is 0 Å². The molecule has 10 heavy (non-hydrogen) atoms. The van der Waals surface area contributed by atoms with E-state index >= 15 is 0 Å². The molecule has 0 aromatic carbocycles. The molecule has 0 bridgehead atoms. The first kappa shape index (κ1) is 8.27. The lowest BCUT2D eigenvalue weighted by Crippen LogP contribution is -2.69. The Hall–Kier alpha value is 0.170. The van der Waals surface area contributed by atoms with Gasteiger partial charge < -0.3 is 15.4 Å². The van der Waals surface area contributed by atoms with Crippen molar-refractivity contribution >= 4 is 12.4 Å². The van der Waals surface area contributed by atoms with Gasteiger partial charge in [0.15, 0.2) is 0 Å². The molecule has 2 saturated heterocycles. The molecule has 0 aromatic rings. The molecule has 1 spiro atoms. The summed E-state index contributed by atoms with van der Waals surface area (Å²) in [6.07, 6.45) is 0. The Morgan fingerprint density at radius 2 is 2.00 bits per heavy atom. The third-order valence-corrected chi connectivity index (χ3v) is 2.02. The number of ether oxygens (including phenoxy) is 1. The normalized spacial score (nSPS) is 28.8. The molecular weight excluding hydrogens is 152 g/mol. The Morgan fingerprint density at radius 3 is 2.30 bits per heavy atom. The van der Waals surface area contributed by atoms with Crippen LogP contribution in [0, 0.1) is 0 Å². The minimum Gasteiger partial charge on any atom is -0.377 e. The fourth-order valence-corrected chi connectivity index (χ4v) is 1.36. The first-order valence-corrected chi connectivity index (χ1v) is 3.45. The molecule has 4 heteroatoms. The second-order valence-corrected chi connectivity index (χ2v) is 2.88. The van der Waals surface area contributed by atoms with Gasteiger partial charge >= 0.3 is 0 Å². The predicted molar refractivity (Wildman–Crippen MR) is 41.7 cm³/mol. The molecule has 0 unspecified atom stereocenters. The van der Waals surface area contributed by atoms with Crippen LogP contribution in [0.1, 0.15) is 0 Å². The molecule has 3 nitrogen and oxygen atoms in total. The number of piperazine rings is 1. The van der Waals surface area contributed by atoms with Crippen molar-refractivity contribution in [2.24, 2.45) is 0 Å². The van der Waals surface area contributed by atoms with Gasteiger partial charge in [0, 0.05) is 19.6 Å². The zero-order valence-electron chi connectivity index (χ0n) is 5.85. The van der Waals surface area contributed by atoms with Crippen LogP contribution in [-0.2, 0) is 4.74 Å². The Balaban J connectivity index is 0.000000500. The summed E-state index contributed by atoms with van der Waals surface area (Å²) < 4.78 is 5.11. The second-order valence-electron chi connectivity index (χ2n) is 2.88. The van der Waals surface area contributed by atoms with Crippen molar-refractivity contribution in [2.45, 2.75) is 5.54 Å². The van der Waals surface area contributed by atoms with Gasteiger partial charge in [-0.3, -0.25) is 0 Å². The third-order valence-electron chi connectivity index (χ3n) is 2.02. The minimum absolute atomic E-state index is 0. The molecule has 2 heterocycles. The number of nitrogens with one attached hydrogen (secondary N) is 2. The van der Waals surface area contributed by atoms with E-state index in [4.69, 9.17) is 4.74 Å². The quantitative estimate of drug-likeness (QED) is 0.500. The van der Waals surface area contributed by atoms with Crippen molar-refractivity contribution in [1.29, 1.82) is 0 Å². The van der Waals surface area contributed by atoms with Gasteiger partial charge in [0.05, 0.1) is 18.8 Å². The summed E-state index contributed by atoms with van der Waals surface area (Å²) in [5.74, 6) is 0. The maximum absolute atomic E-state index is 5.11. The highest BCUT2D eigenvalue weighted by molar-refractivity contribution is 5.85. The number of rotatable bonds is 0. The van der Waals surface area contributed by atoms with Gasteiger partial charge in [-0.15, -0.1) is 12.4 Å². The van der Waals surface area contributed by atoms with E-state index in [9.17, 15) is 0 Å². The van der Waals surface area contributed by atoms with Gasteiger partial charge in [0.1, 0.15) is 0 Å². The Bertz CT molecular complexity index is 108. The summed E-state index contributed by atoms with van der Waals surface area (Å²) in [4.78, 5) is 0. The topological polar surface area (TPSA) is 33.3 Å². The molecule has 2 aliphatic rings. The van der Waals surface area contributed by atoms with Gasteiger partial charge in [-0.2, -0.15) is 0 Å². The van der Waals surface area contributed by atoms with Gasteiger partial charge in [0.2, 0.25) is 0 Å². The summed E-state index contributed by atoms with van der Waals surface area (Å²) in [5.41, 5.74) is 0.318. The van der Waals surface area contributed by atoms with E-state index in [1.165, 1.54) is 0 Å². The monoisotopic (exact) mass is 164 g/mol. The van der Waals surface area contributed by atoms with E-state index in [0.717, 1.165) is 32.8 Å². The highest BCUT2D eigenvalue weighted by Crippen LogP contribution is 2.16. The first-order valence-electron chi connectivity index (χ1n) is 3.45.